The van der Waals surface area contributed by atoms with E-state index in [-0.39, 0.29) is 24.0 Å². The summed E-state index contributed by atoms with van der Waals surface area (Å²) in [6.45, 7) is 2.61. The Morgan fingerprint density at radius 1 is 1.12 bits per heavy atom. The molecule has 9 nitrogen and oxygen atoms in total. The number of nitrogens with zero attached hydrogens (tertiary/aromatic N) is 2. The molecule has 1 heterocycles. The number of amides is 2. The molecule has 34 heavy (non-hydrogen) atoms. The van der Waals surface area contributed by atoms with Crippen LogP contribution >= 0.6 is 0 Å². The summed E-state index contributed by atoms with van der Waals surface area (Å²) in [6.07, 6.45) is 0. The highest BCUT2D eigenvalue weighted by Crippen LogP contribution is 2.21. The predicted molar refractivity (Wildman–Crippen MR) is 122 cm³/mol. The Hall–Kier alpha value is -3.02. The van der Waals surface area contributed by atoms with Crippen molar-refractivity contribution < 1.29 is 31.9 Å². The van der Waals surface area contributed by atoms with E-state index in [1.165, 1.54) is 52.7 Å². The average Bonchev–Trinajstić information content (AvgIpc) is 2.86. The summed E-state index contributed by atoms with van der Waals surface area (Å²) < 4.78 is 50.8. The van der Waals surface area contributed by atoms with Crippen molar-refractivity contribution in [1.82, 2.24) is 14.5 Å². The first-order chi connectivity index (χ1) is 16.2. The number of benzene rings is 2. The van der Waals surface area contributed by atoms with E-state index in [4.69, 9.17) is 9.47 Å². The maximum absolute atomic E-state index is 13.2. The molecule has 184 valence electrons. The molecule has 1 fully saturated rings. The number of likely N-dealkylation sites (N-methyl/N-ethyl adjacent to an activating group) is 1. The van der Waals surface area contributed by atoms with Gasteiger partial charge in [-0.2, -0.15) is 4.31 Å². The monoisotopic (exact) mass is 493 g/mol. The molecule has 2 amide bonds. The molecular formula is C23H28FN3O6S. The second kappa shape index (κ2) is 11.4. The number of nitrogens with one attached hydrogen (secondary N) is 1. The highest BCUT2D eigenvalue weighted by atomic mass is 32.2. The van der Waals surface area contributed by atoms with Crippen LogP contribution in [0.25, 0.3) is 0 Å². The lowest BCUT2D eigenvalue weighted by Crippen LogP contribution is -2.48. The van der Waals surface area contributed by atoms with Gasteiger partial charge in [0, 0.05) is 26.7 Å². The first kappa shape index (κ1) is 25.6. The van der Waals surface area contributed by atoms with Crippen molar-refractivity contribution in [2.24, 2.45) is 0 Å². The van der Waals surface area contributed by atoms with Gasteiger partial charge in [0.15, 0.2) is 6.61 Å². The van der Waals surface area contributed by atoms with Gasteiger partial charge in [-0.3, -0.25) is 9.59 Å². The molecule has 0 saturated carbocycles. The Bertz CT molecular complexity index is 1090. The molecule has 0 aliphatic carbocycles. The highest BCUT2D eigenvalue weighted by Gasteiger charge is 2.27. The van der Waals surface area contributed by atoms with Crippen LogP contribution in [0, 0.1) is 5.82 Å². The number of halogens is 1. The molecule has 0 radical (unpaired) electrons. The van der Waals surface area contributed by atoms with Crippen molar-refractivity contribution in [3.8, 4) is 5.75 Å². The number of sulfonamides is 1. The van der Waals surface area contributed by atoms with Gasteiger partial charge in [-0.1, -0.05) is 12.1 Å². The topological polar surface area (TPSA) is 105 Å². The van der Waals surface area contributed by atoms with Gasteiger partial charge >= 0.3 is 0 Å². The molecule has 2 aromatic rings. The fraction of sp³-hybridized carbons (Fsp3) is 0.391. The van der Waals surface area contributed by atoms with Crippen LogP contribution in [0.1, 0.15) is 12.5 Å². The maximum Gasteiger partial charge on any atom is 0.261 e. The SMILES string of the molecule is CNC(=O)[C@@H](C)N(Cc1ccc(F)cc1)C(=O)COc1ccc(S(=O)(=O)N2CCOCC2)cc1. The van der Waals surface area contributed by atoms with E-state index in [9.17, 15) is 22.4 Å². The summed E-state index contributed by atoms with van der Waals surface area (Å²) >= 11 is 0. The zero-order valence-electron chi connectivity index (χ0n) is 19.1. The third kappa shape index (κ3) is 6.31. The van der Waals surface area contributed by atoms with Gasteiger partial charge in [0.05, 0.1) is 18.1 Å². The number of hydrogen-bond donors (Lipinski definition) is 1. The Kier molecular flexibility index (Phi) is 8.59. The van der Waals surface area contributed by atoms with Crippen molar-refractivity contribution in [1.29, 1.82) is 0 Å². The van der Waals surface area contributed by atoms with E-state index in [2.05, 4.69) is 5.32 Å². The van der Waals surface area contributed by atoms with Crippen LogP contribution in [0.2, 0.25) is 0 Å². The Morgan fingerprint density at radius 2 is 1.74 bits per heavy atom. The third-order valence-electron chi connectivity index (χ3n) is 5.47. The number of rotatable bonds is 9. The van der Waals surface area contributed by atoms with E-state index in [1.54, 1.807) is 19.1 Å². The Balaban J connectivity index is 1.67. The van der Waals surface area contributed by atoms with Crippen LogP contribution in [0.15, 0.2) is 53.4 Å². The lowest BCUT2D eigenvalue weighted by Gasteiger charge is -2.28. The summed E-state index contributed by atoms with van der Waals surface area (Å²) in [5, 5.41) is 2.51. The highest BCUT2D eigenvalue weighted by molar-refractivity contribution is 7.89. The quantitative estimate of drug-likeness (QED) is 0.566. The molecule has 1 saturated heterocycles. The van der Waals surface area contributed by atoms with Crippen molar-refractivity contribution in [2.45, 2.75) is 24.4 Å². The van der Waals surface area contributed by atoms with Crippen molar-refractivity contribution in [3.05, 3.63) is 59.9 Å². The minimum Gasteiger partial charge on any atom is -0.484 e. The summed E-state index contributed by atoms with van der Waals surface area (Å²) in [5.41, 5.74) is 0.656. The van der Waals surface area contributed by atoms with E-state index >= 15 is 0 Å². The number of hydrogen-bond acceptors (Lipinski definition) is 6. The van der Waals surface area contributed by atoms with Gasteiger partial charge in [0.1, 0.15) is 17.6 Å². The summed E-state index contributed by atoms with van der Waals surface area (Å²) in [5.74, 6) is -0.898. The average molecular weight is 494 g/mol. The second-order valence-electron chi connectivity index (χ2n) is 7.71. The Labute approximate surface area is 198 Å². The van der Waals surface area contributed by atoms with Gasteiger partial charge in [0.2, 0.25) is 15.9 Å². The van der Waals surface area contributed by atoms with Crippen LogP contribution in [-0.2, 0) is 30.9 Å². The van der Waals surface area contributed by atoms with E-state index in [1.807, 2.05) is 0 Å². The zero-order chi connectivity index (χ0) is 24.7. The number of morpholine rings is 1. The number of carbonyl (C=O) groups is 2. The minimum absolute atomic E-state index is 0.0911. The van der Waals surface area contributed by atoms with Gasteiger partial charge < -0.3 is 19.7 Å². The Morgan fingerprint density at radius 3 is 2.32 bits per heavy atom. The molecule has 2 aromatic carbocycles. The fourth-order valence-corrected chi connectivity index (χ4v) is 4.86. The van der Waals surface area contributed by atoms with Crippen LogP contribution in [-0.4, -0.2) is 75.4 Å². The molecule has 0 aromatic heterocycles. The van der Waals surface area contributed by atoms with E-state index < -0.39 is 27.8 Å². The van der Waals surface area contributed by atoms with Gasteiger partial charge in [0.25, 0.3) is 5.91 Å². The second-order valence-corrected chi connectivity index (χ2v) is 9.65. The summed E-state index contributed by atoms with van der Waals surface area (Å²) in [7, 11) is -2.16. The number of carbonyl (C=O) groups excluding carboxylic acids is 2. The van der Waals surface area contributed by atoms with Gasteiger partial charge in [-0.25, -0.2) is 12.8 Å². The maximum atomic E-state index is 13.2. The van der Waals surface area contributed by atoms with E-state index in [0.29, 0.717) is 37.6 Å². The standard InChI is InChI=1S/C23H28FN3O6S/c1-17(23(29)25-2)27(15-18-3-5-19(24)6-4-18)22(28)16-33-20-7-9-21(10-8-20)34(30,31)26-11-13-32-14-12-26/h3-10,17H,11-16H2,1-2H3,(H,25,29)/t17-/m1/s1. The van der Waals surface area contributed by atoms with Crippen LogP contribution in [0.4, 0.5) is 4.39 Å². The molecule has 0 spiro atoms. The van der Waals surface area contributed by atoms with Crippen molar-refractivity contribution >= 4 is 21.8 Å². The summed E-state index contributed by atoms with van der Waals surface area (Å²) in [6, 6.07) is 10.7. The first-order valence-corrected chi connectivity index (χ1v) is 12.2. The van der Waals surface area contributed by atoms with Crippen LogP contribution in [0.5, 0.6) is 5.75 Å². The molecular weight excluding hydrogens is 465 g/mol. The molecule has 3 rings (SSSR count). The smallest absolute Gasteiger partial charge is 0.261 e. The molecule has 1 aliphatic heterocycles. The normalized spacial score (nSPS) is 15.4. The lowest BCUT2D eigenvalue weighted by molar-refractivity contribution is -0.142. The van der Waals surface area contributed by atoms with Crippen LogP contribution in [0.3, 0.4) is 0 Å². The zero-order valence-corrected chi connectivity index (χ0v) is 19.9. The van der Waals surface area contributed by atoms with Gasteiger partial charge in [-0.15, -0.1) is 0 Å². The predicted octanol–water partition coefficient (Wildman–Crippen LogP) is 1.39. The molecule has 11 heteroatoms. The number of ether oxygens (including phenoxy) is 2. The minimum atomic E-state index is -3.63. The van der Waals surface area contributed by atoms with Crippen molar-refractivity contribution in [2.75, 3.05) is 40.0 Å². The first-order valence-electron chi connectivity index (χ1n) is 10.8. The van der Waals surface area contributed by atoms with E-state index in [0.717, 1.165) is 0 Å². The van der Waals surface area contributed by atoms with Crippen LogP contribution < -0.4 is 10.1 Å². The summed E-state index contributed by atoms with van der Waals surface area (Å²) in [4.78, 5) is 26.5. The largest absolute Gasteiger partial charge is 0.484 e. The fourth-order valence-electron chi connectivity index (χ4n) is 3.45. The third-order valence-corrected chi connectivity index (χ3v) is 7.39. The molecule has 1 atom stereocenters. The molecule has 1 N–H and O–H groups in total. The molecule has 0 bridgehead atoms. The molecule has 0 unspecified atom stereocenters. The molecule has 1 aliphatic rings. The van der Waals surface area contributed by atoms with Crippen molar-refractivity contribution in [3.63, 3.8) is 0 Å². The van der Waals surface area contributed by atoms with Gasteiger partial charge in [-0.05, 0) is 48.9 Å². The lowest BCUT2D eigenvalue weighted by atomic mass is 10.1.